The summed E-state index contributed by atoms with van der Waals surface area (Å²) in [6.45, 7) is 9.89. The summed E-state index contributed by atoms with van der Waals surface area (Å²) >= 11 is 8.02. The molecule has 0 saturated carbocycles. The van der Waals surface area contributed by atoms with Crippen LogP contribution in [0.25, 0.3) is 5.57 Å². The van der Waals surface area contributed by atoms with Crippen molar-refractivity contribution in [2.75, 3.05) is 24.5 Å². The molecule has 1 fully saturated rings. The van der Waals surface area contributed by atoms with E-state index in [1.807, 2.05) is 37.3 Å². The number of likely N-dealkylation sites (tertiary alicyclic amines) is 1. The van der Waals surface area contributed by atoms with Gasteiger partial charge in [0, 0.05) is 35.1 Å². The van der Waals surface area contributed by atoms with Gasteiger partial charge in [-0.25, -0.2) is 4.98 Å². The number of benzene rings is 1. The highest BCUT2D eigenvalue weighted by Crippen LogP contribution is 2.35. The molecule has 1 saturated heterocycles. The molecule has 5 nitrogen and oxygen atoms in total. The summed E-state index contributed by atoms with van der Waals surface area (Å²) in [5.41, 5.74) is 2.95. The van der Waals surface area contributed by atoms with E-state index in [1.165, 1.54) is 6.42 Å². The van der Waals surface area contributed by atoms with Gasteiger partial charge in [0.05, 0.1) is 12.1 Å². The number of aliphatic carboxylic acids is 1. The van der Waals surface area contributed by atoms with Crippen molar-refractivity contribution in [2.45, 2.75) is 39.3 Å². The van der Waals surface area contributed by atoms with Gasteiger partial charge in [0.15, 0.2) is 5.13 Å². The quantitative estimate of drug-likeness (QED) is 0.388. The van der Waals surface area contributed by atoms with E-state index < -0.39 is 5.97 Å². The molecule has 32 heavy (non-hydrogen) atoms. The summed E-state index contributed by atoms with van der Waals surface area (Å²) < 4.78 is 0. The van der Waals surface area contributed by atoms with Gasteiger partial charge in [-0.1, -0.05) is 78.9 Å². The molecule has 0 spiro atoms. The first kappa shape index (κ1) is 24.2. The summed E-state index contributed by atoms with van der Waals surface area (Å²) in [4.78, 5) is 21.9. The standard InChI is InChI=1S/C25H30ClN3O2S/c1-3-9-20(16-21(26)4-2)24-22(18-28-13-8-14-28)32-25(27-24)29(15-12-23(30)31)17-19-10-6-5-7-11-19/h3,5-7,9-11,16H,1,4,8,12-15,17-18H2,2H3,(H,30,31)/b20-9+,21-16+. The number of carbonyl (C=O) groups is 1. The van der Waals surface area contributed by atoms with Crippen molar-refractivity contribution < 1.29 is 9.90 Å². The summed E-state index contributed by atoms with van der Waals surface area (Å²) in [5, 5.41) is 10.9. The fourth-order valence-electron chi connectivity index (χ4n) is 3.42. The predicted molar refractivity (Wildman–Crippen MR) is 134 cm³/mol. The monoisotopic (exact) mass is 471 g/mol. The van der Waals surface area contributed by atoms with E-state index in [-0.39, 0.29) is 6.42 Å². The van der Waals surface area contributed by atoms with Crippen LogP contribution in [-0.2, 0) is 17.9 Å². The average molecular weight is 472 g/mol. The van der Waals surface area contributed by atoms with Crippen LogP contribution in [0.15, 0.2) is 60.2 Å². The maximum atomic E-state index is 11.3. The van der Waals surface area contributed by atoms with Crippen molar-refractivity contribution >= 4 is 39.6 Å². The van der Waals surface area contributed by atoms with Crippen LogP contribution < -0.4 is 4.90 Å². The van der Waals surface area contributed by atoms with Crippen molar-refractivity contribution in [3.05, 3.63) is 76.3 Å². The van der Waals surface area contributed by atoms with Gasteiger partial charge in [0.25, 0.3) is 0 Å². The number of anilines is 1. The second kappa shape index (κ2) is 12.0. The Balaban J connectivity index is 1.99. The molecule has 1 N–H and O–H groups in total. The lowest BCUT2D eigenvalue weighted by molar-refractivity contribution is -0.136. The van der Waals surface area contributed by atoms with E-state index in [2.05, 4.69) is 28.5 Å². The SMILES string of the molecule is C=C/C=C(\C=C(\Cl)CC)c1nc(N(CCC(=O)O)Cc2ccccc2)sc1CN1CCC1. The van der Waals surface area contributed by atoms with E-state index in [0.29, 0.717) is 13.1 Å². The lowest BCUT2D eigenvalue weighted by Crippen LogP contribution is -2.36. The van der Waals surface area contributed by atoms with Gasteiger partial charge in [-0.2, -0.15) is 0 Å². The fraction of sp³-hybridized carbons (Fsp3) is 0.360. The Morgan fingerprint density at radius 1 is 1.34 bits per heavy atom. The smallest absolute Gasteiger partial charge is 0.305 e. The summed E-state index contributed by atoms with van der Waals surface area (Å²) in [6.07, 6.45) is 7.67. The minimum atomic E-state index is -0.814. The van der Waals surface area contributed by atoms with Crippen LogP contribution in [0.1, 0.15) is 42.3 Å². The second-order valence-electron chi connectivity index (χ2n) is 7.75. The van der Waals surface area contributed by atoms with Crippen LogP contribution in [0, 0.1) is 0 Å². The van der Waals surface area contributed by atoms with Crippen molar-refractivity contribution in [1.82, 2.24) is 9.88 Å². The minimum Gasteiger partial charge on any atom is -0.481 e. The molecule has 0 unspecified atom stereocenters. The molecule has 7 heteroatoms. The van der Waals surface area contributed by atoms with E-state index in [9.17, 15) is 9.90 Å². The summed E-state index contributed by atoms with van der Waals surface area (Å²) in [6, 6.07) is 10.1. The van der Waals surface area contributed by atoms with Crippen LogP contribution >= 0.6 is 22.9 Å². The van der Waals surface area contributed by atoms with Crippen LogP contribution in [0.5, 0.6) is 0 Å². The first-order chi connectivity index (χ1) is 15.5. The number of hydrogen-bond acceptors (Lipinski definition) is 5. The molecule has 0 amide bonds. The molecule has 0 radical (unpaired) electrons. The average Bonchev–Trinajstić information content (AvgIpc) is 3.17. The van der Waals surface area contributed by atoms with Gasteiger partial charge in [-0.3, -0.25) is 9.69 Å². The molecule has 1 aliphatic heterocycles. The zero-order valence-electron chi connectivity index (χ0n) is 18.5. The third-order valence-corrected chi connectivity index (χ3v) is 6.78. The molecule has 3 rings (SSSR count). The largest absolute Gasteiger partial charge is 0.481 e. The van der Waals surface area contributed by atoms with Crippen molar-refractivity contribution in [2.24, 2.45) is 0 Å². The van der Waals surface area contributed by atoms with Crippen LogP contribution in [0.2, 0.25) is 0 Å². The summed E-state index contributed by atoms with van der Waals surface area (Å²) in [5.74, 6) is -0.814. The highest BCUT2D eigenvalue weighted by atomic mass is 35.5. The van der Waals surface area contributed by atoms with E-state index in [4.69, 9.17) is 16.6 Å². The van der Waals surface area contributed by atoms with Crippen molar-refractivity contribution in [1.29, 1.82) is 0 Å². The Kier molecular flexibility index (Phi) is 9.09. The normalized spacial score (nSPS) is 14.8. The number of carboxylic acids is 1. The lowest BCUT2D eigenvalue weighted by Gasteiger charge is -2.30. The molecular weight excluding hydrogens is 442 g/mol. The topological polar surface area (TPSA) is 56.7 Å². The van der Waals surface area contributed by atoms with E-state index in [1.54, 1.807) is 17.4 Å². The molecule has 2 heterocycles. The molecule has 170 valence electrons. The van der Waals surface area contributed by atoms with E-state index in [0.717, 1.165) is 57.9 Å². The van der Waals surface area contributed by atoms with Gasteiger partial charge in [0.2, 0.25) is 0 Å². The highest BCUT2D eigenvalue weighted by molar-refractivity contribution is 7.15. The molecule has 0 aliphatic carbocycles. The summed E-state index contributed by atoms with van der Waals surface area (Å²) in [7, 11) is 0. The molecule has 1 aliphatic rings. The van der Waals surface area contributed by atoms with Gasteiger partial charge in [-0.05, 0) is 37.6 Å². The van der Waals surface area contributed by atoms with Gasteiger partial charge in [-0.15, -0.1) is 0 Å². The number of hydrogen-bond donors (Lipinski definition) is 1. The number of halogens is 1. The zero-order valence-corrected chi connectivity index (χ0v) is 20.0. The maximum Gasteiger partial charge on any atom is 0.305 e. The predicted octanol–water partition coefficient (Wildman–Crippen LogP) is 5.93. The Bertz CT molecular complexity index is 980. The molecule has 2 aromatic rings. The number of rotatable bonds is 12. The number of allylic oxidation sites excluding steroid dienone is 5. The minimum absolute atomic E-state index is 0.0557. The molecule has 1 aromatic heterocycles. The van der Waals surface area contributed by atoms with Gasteiger partial charge < -0.3 is 10.0 Å². The van der Waals surface area contributed by atoms with Crippen LogP contribution in [0.3, 0.4) is 0 Å². The Morgan fingerprint density at radius 3 is 2.69 bits per heavy atom. The number of thiazole rings is 1. The van der Waals surface area contributed by atoms with Crippen LogP contribution in [-0.4, -0.2) is 40.6 Å². The second-order valence-corrected chi connectivity index (χ2v) is 9.30. The van der Waals surface area contributed by atoms with E-state index >= 15 is 0 Å². The van der Waals surface area contributed by atoms with Gasteiger partial charge >= 0.3 is 5.97 Å². The Labute approximate surface area is 199 Å². The van der Waals surface area contributed by atoms with Crippen molar-refractivity contribution in [3.63, 3.8) is 0 Å². The first-order valence-corrected chi connectivity index (χ1v) is 12.1. The lowest BCUT2D eigenvalue weighted by atomic mass is 10.1. The number of carboxylic acid groups (broad SMARTS) is 1. The van der Waals surface area contributed by atoms with Crippen molar-refractivity contribution in [3.8, 4) is 0 Å². The Morgan fingerprint density at radius 2 is 2.09 bits per heavy atom. The van der Waals surface area contributed by atoms with Crippen LogP contribution in [0.4, 0.5) is 5.13 Å². The number of nitrogens with zero attached hydrogens (tertiary/aromatic N) is 3. The third-order valence-electron chi connectivity index (χ3n) is 5.31. The highest BCUT2D eigenvalue weighted by Gasteiger charge is 2.23. The number of aromatic nitrogens is 1. The molecule has 0 bridgehead atoms. The fourth-order valence-corrected chi connectivity index (χ4v) is 4.69. The first-order valence-electron chi connectivity index (χ1n) is 10.9. The molecular formula is C25H30ClN3O2S. The third kappa shape index (κ3) is 6.79. The Hall–Kier alpha value is -2.41. The maximum absolute atomic E-state index is 11.3. The zero-order chi connectivity index (χ0) is 22.9. The van der Waals surface area contributed by atoms with Gasteiger partial charge in [0.1, 0.15) is 0 Å². The molecule has 1 aromatic carbocycles. The molecule has 0 atom stereocenters.